The summed E-state index contributed by atoms with van der Waals surface area (Å²) >= 11 is 0. The molecule has 0 unspecified atom stereocenters. The Bertz CT molecular complexity index is 528. The van der Waals surface area contributed by atoms with Gasteiger partial charge in [-0.1, -0.05) is 57.2 Å². The molecule has 2 nitrogen and oxygen atoms in total. The lowest BCUT2D eigenvalue weighted by molar-refractivity contribution is -0.686. The zero-order valence-electron chi connectivity index (χ0n) is 14.3. The van der Waals surface area contributed by atoms with E-state index in [9.17, 15) is 0 Å². The Morgan fingerprint density at radius 3 is 2.23 bits per heavy atom. The maximum atomic E-state index is 2.42. The van der Waals surface area contributed by atoms with Crippen LogP contribution in [-0.4, -0.2) is 4.57 Å². The standard InChI is InChI=1S/C20H31N2/c1-3-5-6-7-8-9-13-16-22-18-17-21(4-2)20(22)19-14-11-10-12-15-19/h10-12,14-15,17-18H,3-9,13,16H2,1-2H3/q+1. The number of unbranched alkanes of at least 4 members (excludes halogenated alkanes) is 6. The zero-order valence-corrected chi connectivity index (χ0v) is 14.3. The van der Waals surface area contributed by atoms with E-state index in [-0.39, 0.29) is 0 Å². The fraction of sp³-hybridized carbons (Fsp3) is 0.550. The van der Waals surface area contributed by atoms with Gasteiger partial charge in [0.15, 0.2) is 0 Å². The normalized spacial score (nSPS) is 11.0. The molecule has 0 aliphatic rings. The Balaban J connectivity index is 1.90. The van der Waals surface area contributed by atoms with Crippen LogP contribution in [0.2, 0.25) is 0 Å². The van der Waals surface area contributed by atoms with Gasteiger partial charge in [0.25, 0.3) is 5.82 Å². The summed E-state index contributed by atoms with van der Waals surface area (Å²) in [6, 6.07) is 10.8. The van der Waals surface area contributed by atoms with Crippen molar-refractivity contribution in [2.24, 2.45) is 0 Å². The van der Waals surface area contributed by atoms with Gasteiger partial charge < -0.3 is 0 Å². The van der Waals surface area contributed by atoms with Crippen LogP contribution in [0.5, 0.6) is 0 Å². The van der Waals surface area contributed by atoms with Crippen molar-refractivity contribution in [3.63, 3.8) is 0 Å². The third-order valence-electron chi connectivity index (χ3n) is 4.35. The minimum atomic E-state index is 1.02. The summed E-state index contributed by atoms with van der Waals surface area (Å²) in [5.41, 5.74) is 1.32. The van der Waals surface area contributed by atoms with E-state index in [1.54, 1.807) is 0 Å². The molecule has 0 saturated heterocycles. The van der Waals surface area contributed by atoms with E-state index in [0.29, 0.717) is 0 Å². The fourth-order valence-electron chi connectivity index (χ4n) is 3.06. The van der Waals surface area contributed by atoms with Gasteiger partial charge in [0.2, 0.25) is 0 Å². The van der Waals surface area contributed by atoms with E-state index in [2.05, 4.69) is 65.7 Å². The first-order valence-electron chi connectivity index (χ1n) is 9.00. The number of hydrogen-bond acceptors (Lipinski definition) is 0. The highest BCUT2D eigenvalue weighted by Gasteiger charge is 2.17. The molecule has 0 N–H and O–H groups in total. The van der Waals surface area contributed by atoms with Crippen molar-refractivity contribution in [2.45, 2.75) is 71.9 Å². The van der Waals surface area contributed by atoms with Crippen LogP contribution in [0.1, 0.15) is 58.8 Å². The first-order chi connectivity index (χ1) is 10.9. The zero-order chi connectivity index (χ0) is 15.6. The predicted octanol–water partition coefficient (Wildman–Crippen LogP) is 5.21. The van der Waals surface area contributed by atoms with Crippen LogP contribution in [0.4, 0.5) is 0 Å². The summed E-state index contributed by atoms with van der Waals surface area (Å²) in [5.74, 6) is 1.34. The molecule has 0 aliphatic heterocycles. The monoisotopic (exact) mass is 299 g/mol. The molecule has 0 radical (unpaired) electrons. The lowest BCUT2D eigenvalue weighted by atomic mass is 10.1. The number of imidazole rings is 1. The van der Waals surface area contributed by atoms with E-state index in [1.807, 2.05) is 0 Å². The molecule has 22 heavy (non-hydrogen) atoms. The van der Waals surface area contributed by atoms with Gasteiger partial charge in [-0.25, -0.2) is 9.13 Å². The summed E-state index contributed by atoms with van der Waals surface area (Å²) in [4.78, 5) is 0. The highest BCUT2D eigenvalue weighted by molar-refractivity contribution is 5.52. The molecule has 2 rings (SSSR count). The van der Waals surface area contributed by atoms with Crippen molar-refractivity contribution in [3.8, 4) is 11.4 Å². The summed E-state index contributed by atoms with van der Waals surface area (Å²) in [7, 11) is 0. The summed E-state index contributed by atoms with van der Waals surface area (Å²) in [5, 5.41) is 0. The Kier molecular flexibility index (Phi) is 7.21. The van der Waals surface area contributed by atoms with E-state index in [0.717, 1.165) is 13.1 Å². The second kappa shape index (κ2) is 9.45. The molecule has 2 aromatic rings. The lowest BCUT2D eigenvalue weighted by Crippen LogP contribution is -2.34. The number of nitrogens with zero attached hydrogens (tertiary/aromatic N) is 2. The molecule has 0 aliphatic carbocycles. The third kappa shape index (κ3) is 4.72. The summed E-state index contributed by atoms with van der Waals surface area (Å²) < 4.78 is 4.77. The maximum absolute atomic E-state index is 2.42. The minimum Gasteiger partial charge on any atom is -0.230 e. The van der Waals surface area contributed by atoms with Crippen molar-refractivity contribution in [1.82, 2.24) is 4.57 Å². The van der Waals surface area contributed by atoms with Gasteiger partial charge in [-0.15, -0.1) is 0 Å². The summed E-state index contributed by atoms with van der Waals surface area (Å²) in [6.07, 6.45) is 14.0. The molecule has 2 heteroatoms. The van der Waals surface area contributed by atoms with Gasteiger partial charge in [0.1, 0.15) is 12.4 Å². The van der Waals surface area contributed by atoms with Crippen molar-refractivity contribution >= 4 is 0 Å². The SMILES string of the molecule is CCCCCCCCC[n+]1ccn(CC)c1-c1ccccc1. The Labute approximate surface area is 135 Å². The highest BCUT2D eigenvalue weighted by Crippen LogP contribution is 2.16. The first kappa shape index (κ1) is 16.8. The van der Waals surface area contributed by atoms with Gasteiger partial charge in [-0.2, -0.15) is 0 Å². The Hall–Kier alpha value is -1.57. The number of benzene rings is 1. The molecule has 120 valence electrons. The van der Waals surface area contributed by atoms with Crippen LogP contribution >= 0.6 is 0 Å². The average Bonchev–Trinajstić information content (AvgIpc) is 2.98. The van der Waals surface area contributed by atoms with E-state index in [4.69, 9.17) is 0 Å². The van der Waals surface area contributed by atoms with Crippen molar-refractivity contribution in [2.75, 3.05) is 0 Å². The second-order valence-electron chi connectivity index (χ2n) is 6.09. The van der Waals surface area contributed by atoms with Gasteiger partial charge in [-0.3, -0.25) is 0 Å². The Morgan fingerprint density at radius 2 is 1.55 bits per heavy atom. The van der Waals surface area contributed by atoms with Crippen molar-refractivity contribution in [3.05, 3.63) is 42.7 Å². The molecule has 1 heterocycles. The van der Waals surface area contributed by atoms with E-state index < -0.39 is 0 Å². The van der Waals surface area contributed by atoms with E-state index in [1.165, 1.54) is 56.3 Å². The minimum absolute atomic E-state index is 1.02. The van der Waals surface area contributed by atoms with Crippen LogP contribution in [-0.2, 0) is 13.1 Å². The average molecular weight is 299 g/mol. The molecule has 1 aromatic carbocycles. The smallest absolute Gasteiger partial charge is 0.230 e. The third-order valence-corrected chi connectivity index (χ3v) is 4.35. The van der Waals surface area contributed by atoms with Gasteiger partial charge in [-0.05, 0) is 31.9 Å². The first-order valence-corrected chi connectivity index (χ1v) is 9.00. The van der Waals surface area contributed by atoms with Crippen LogP contribution in [0, 0.1) is 0 Å². The van der Waals surface area contributed by atoms with Gasteiger partial charge in [0, 0.05) is 0 Å². The largest absolute Gasteiger partial charge is 0.288 e. The molecule has 1 aromatic heterocycles. The number of hydrogen-bond donors (Lipinski definition) is 0. The number of aromatic nitrogens is 2. The van der Waals surface area contributed by atoms with Crippen LogP contribution < -0.4 is 4.57 Å². The predicted molar refractivity (Wildman–Crippen MR) is 93.7 cm³/mol. The topological polar surface area (TPSA) is 8.81 Å². The number of rotatable bonds is 10. The van der Waals surface area contributed by atoms with Crippen molar-refractivity contribution in [1.29, 1.82) is 0 Å². The van der Waals surface area contributed by atoms with Gasteiger partial charge in [0.05, 0.1) is 18.7 Å². The lowest BCUT2D eigenvalue weighted by Gasteiger charge is -2.05. The molecular weight excluding hydrogens is 268 g/mol. The quantitative estimate of drug-likeness (QED) is 0.420. The van der Waals surface area contributed by atoms with Crippen LogP contribution in [0.15, 0.2) is 42.7 Å². The van der Waals surface area contributed by atoms with Gasteiger partial charge >= 0.3 is 0 Å². The molecule has 0 saturated carbocycles. The van der Waals surface area contributed by atoms with Crippen LogP contribution in [0.25, 0.3) is 11.4 Å². The molecule has 0 amide bonds. The van der Waals surface area contributed by atoms with E-state index >= 15 is 0 Å². The highest BCUT2D eigenvalue weighted by atomic mass is 15.1. The summed E-state index contributed by atoms with van der Waals surface area (Å²) in [6.45, 7) is 6.64. The molecule has 0 spiro atoms. The maximum Gasteiger partial charge on any atom is 0.288 e. The number of aryl methyl sites for hydroxylation is 2. The second-order valence-corrected chi connectivity index (χ2v) is 6.09. The molecule has 0 atom stereocenters. The molecule has 0 fully saturated rings. The van der Waals surface area contributed by atoms with Crippen LogP contribution in [0.3, 0.4) is 0 Å². The fourth-order valence-corrected chi connectivity index (χ4v) is 3.06. The molecular formula is C20H31N2+. The molecule has 0 bridgehead atoms. The Morgan fingerprint density at radius 1 is 0.864 bits per heavy atom. The van der Waals surface area contributed by atoms with Crippen molar-refractivity contribution < 1.29 is 4.57 Å².